The number of halogens is 3. The summed E-state index contributed by atoms with van der Waals surface area (Å²) in [6.45, 7) is 4.92. The molecule has 0 amide bonds. The summed E-state index contributed by atoms with van der Waals surface area (Å²) in [5.41, 5.74) is 3.21. The first kappa shape index (κ1) is 24.4. The van der Waals surface area contributed by atoms with E-state index in [1.165, 1.54) is 12.1 Å². The summed E-state index contributed by atoms with van der Waals surface area (Å²) in [6.07, 6.45) is 0.961. The lowest BCUT2D eigenvalue weighted by atomic mass is 9.75. The van der Waals surface area contributed by atoms with Crippen LogP contribution < -0.4 is 0 Å². The molecule has 37 heavy (non-hydrogen) atoms. The smallest absolute Gasteiger partial charge is 0.278 e. The van der Waals surface area contributed by atoms with Crippen molar-refractivity contribution in [3.63, 3.8) is 0 Å². The molecule has 3 atom stereocenters. The predicted molar refractivity (Wildman–Crippen MR) is 133 cm³/mol. The molecule has 186 valence electrons. The fraction of sp³-hybridized carbons (Fsp3) is 0.214. The average Bonchev–Trinajstić information content (AvgIpc) is 3.38. The van der Waals surface area contributed by atoms with E-state index < -0.39 is 11.7 Å². The maximum atomic E-state index is 12.9. The summed E-state index contributed by atoms with van der Waals surface area (Å²) < 4.78 is 40.5. The van der Waals surface area contributed by atoms with Crippen molar-refractivity contribution in [1.29, 1.82) is 5.26 Å². The van der Waals surface area contributed by atoms with Crippen LogP contribution in [0.1, 0.15) is 17.0 Å². The normalized spacial score (nSPS) is 19.7. The lowest BCUT2D eigenvalue weighted by Crippen LogP contribution is -2.63. The number of hydrogen-bond acceptors (Lipinski definition) is 5. The molecule has 0 radical (unpaired) electrons. The number of benzene rings is 2. The first-order valence-electron chi connectivity index (χ1n) is 11.7. The third-order valence-electron chi connectivity index (χ3n) is 6.69. The number of nitriles is 1. The predicted octanol–water partition coefficient (Wildman–Crippen LogP) is 5.57. The van der Waals surface area contributed by atoms with Crippen molar-refractivity contribution < 1.29 is 13.2 Å². The van der Waals surface area contributed by atoms with Gasteiger partial charge in [-0.15, -0.1) is 11.7 Å². The van der Waals surface area contributed by atoms with E-state index in [4.69, 9.17) is 0 Å². The van der Waals surface area contributed by atoms with Crippen molar-refractivity contribution in [2.75, 3.05) is 6.54 Å². The van der Waals surface area contributed by atoms with E-state index in [0.29, 0.717) is 24.3 Å². The van der Waals surface area contributed by atoms with Crippen LogP contribution in [-0.2, 0) is 12.7 Å². The van der Waals surface area contributed by atoms with Gasteiger partial charge >= 0.3 is 6.18 Å². The Morgan fingerprint density at radius 3 is 2.27 bits per heavy atom. The molecule has 2 aromatic carbocycles. The number of pyridine rings is 1. The molecule has 9 heteroatoms. The van der Waals surface area contributed by atoms with Crippen LogP contribution in [0, 0.1) is 11.3 Å². The van der Waals surface area contributed by atoms with Gasteiger partial charge in [0.2, 0.25) is 0 Å². The van der Waals surface area contributed by atoms with Crippen LogP contribution in [0.5, 0.6) is 0 Å². The second-order valence-corrected chi connectivity index (χ2v) is 8.89. The molecule has 0 spiro atoms. The van der Waals surface area contributed by atoms with E-state index in [9.17, 15) is 18.4 Å². The summed E-state index contributed by atoms with van der Waals surface area (Å²) in [5.74, 6) is -0.0749. The Balaban J connectivity index is 1.38. The minimum absolute atomic E-state index is 0.0159. The van der Waals surface area contributed by atoms with Crippen molar-refractivity contribution in [3.8, 4) is 28.6 Å². The van der Waals surface area contributed by atoms with Crippen molar-refractivity contribution in [1.82, 2.24) is 24.9 Å². The van der Waals surface area contributed by atoms with Crippen LogP contribution in [-0.4, -0.2) is 43.5 Å². The van der Waals surface area contributed by atoms with Gasteiger partial charge in [-0.1, -0.05) is 53.8 Å². The highest BCUT2D eigenvalue weighted by atomic mass is 19.4. The zero-order valence-corrected chi connectivity index (χ0v) is 19.8. The van der Waals surface area contributed by atoms with Gasteiger partial charge in [0.05, 0.1) is 30.1 Å². The van der Waals surface area contributed by atoms with Gasteiger partial charge in [0.1, 0.15) is 11.7 Å². The molecule has 0 saturated carbocycles. The first-order valence-corrected chi connectivity index (χ1v) is 11.7. The van der Waals surface area contributed by atoms with Crippen molar-refractivity contribution >= 4 is 0 Å². The standard InChI is InChI=1S/C28H23F3N6/c1-2-15-37-25(16-32)27(26(37)18-36-17-24(34-35-36)23-5-3-4-14-33-23)21-8-6-19(7-9-21)20-10-12-22(13-11-20)28(29,30)31/h2-14,17,25-27H,1,15,18H2. The van der Waals surface area contributed by atoms with Crippen LogP contribution in [0.2, 0.25) is 0 Å². The summed E-state index contributed by atoms with van der Waals surface area (Å²) in [6, 6.07) is 20.4. The van der Waals surface area contributed by atoms with E-state index in [0.717, 1.165) is 29.0 Å². The van der Waals surface area contributed by atoms with E-state index >= 15 is 0 Å². The molecular weight excluding hydrogens is 477 g/mol. The van der Waals surface area contributed by atoms with Gasteiger partial charge < -0.3 is 0 Å². The monoisotopic (exact) mass is 500 g/mol. The van der Waals surface area contributed by atoms with Crippen LogP contribution in [0.4, 0.5) is 13.2 Å². The molecular formula is C28H23F3N6. The fourth-order valence-electron chi connectivity index (χ4n) is 4.86. The van der Waals surface area contributed by atoms with Gasteiger partial charge in [0.25, 0.3) is 0 Å². The highest BCUT2D eigenvalue weighted by molar-refractivity contribution is 5.64. The topological polar surface area (TPSA) is 70.6 Å². The Hall–Kier alpha value is -4.29. The molecule has 3 heterocycles. The minimum atomic E-state index is -4.37. The van der Waals surface area contributed by atoms with Gasteiger partial charge in [0.15, 0.2) is 0 Å². The van der Waals surface area contributed by atoms with E-state index in [1.54, 1.807) is 17.0 Å². The second kappa shape index (κ2) is 9.99. The number of nitrogens with zero attached hydrogens (tertiary/aromatic N) is 6. The Kier molecular flexibility index (Phi) is 6.59. The lowest BCUT2D eigenvalue weighted by molar-refractivity contribution is -0.137. The largest absolute Gasteiger partial charge is 0.416 e. The van der Waals surface area contributed by atoms with Crippen LogP contribution in [0.3, 0.4) is 0 Å². The van der Waals surface area contributed by atoms with Crippen molar-refractivity contribution in [2.45, 2.75) is 30.7 Å². The minimum Gasteiger partial charge on any atom is -0.278 e. The Morgan fingerprint density at radius 2 is 1.68 bits per heavy atom. The Labute approximate surface area is 212 Å². The molecule has 1 saturated heterocycles. The summed E-state index contributed by atoms with van der Waals surface area (Å²) in [4.78, 5) is 6.41. The maximum Gasteiger partial charge on any atom is 0.416 e. The first-order chi connectivity index (χ1) is 17.9. The molecule has 2 aromatic heterocycles. The van der Waals surface area contributed by atoms with Gasteiger partial charge in [-0.3, -0.25) is 14.6 Å². The van der Waals surface area contributed by atoms with E-state index in [-0.39, 0.29) is 18.0 Å². The molecule has 5 rings (SSSR count). The Bertz CT molecular complexity index is 1410. The molecule has 0 N–H and O–H groups in total. The molecule has 4 aromatic rings. The number of alkyl halides is 3. The third kappa shape index (κ3) is 4.88. The summed E-state index contributed by atoms with van der Waals surface area (Å²) in [5, 5.41) is 18.4. The van der Waals surface area contributed by atoms with Gasteiger partial charge in [-0.05, 0) is 41.0 Å². The molecule has 3 unspecified atom stereocenters. The fourth-order valence-corrected chi connectivity index (χ4v) is 4.86. The van der Waals surface area contributed by atoms with Crippen molar-refractivity contribution in [3.05, 3.63) is 103 Å². The lowest BCUT2D eigenvalue weighted by Gasteiger charge is -2.52. The van der Waals surface area contributed by atoms with Crippen LogP contribution >= 0.6 is 0 Å². The van der Waals surface area contributed by atoms with Crippen LogP contribution in [0.25, 0.3) is 22.5 Å². The van der Waals surface area contributed by atoms with Crippen LogP contribution in [0.15, 0.2) is 91.8 Å². The zero-order chi connectivity index (χ0) is 26.0. The van der Waals surface area contributed by atoms with Gasteiger partial charge in [0, 0.05) is 24.7 Å². The maximum absolute atomic E-state index is 12.9. The number of rotatable bonds is 7. The molecule has 0 bridgehead atoms. The summed E-state index contributed by atoms with van der Waals surface area (Å²) in [7, 11) is 0. The number of aromatic nitrogens is 4. The zero-order valence-electron chi connectivity index (χ0n) is 19.8. The van der Waals surface area contributed by atoms with Gasteiger partial charge in [-0.25, -0.2) is 0 Å². The van der Waals surface area contributed by atoms with E-state index in [2.05, 4.69) is 32.8 Å². The molecule has 1 aliphatic rings. The average molecular weight is 501 g/mol. The highest BCUT2D eigenvalue weighted by Gasteiger charge is 2.49. The molecule has 1 fully saturated rings. The summed E-state index contributed by atoms with van der Waals surface area (Å²) >= 11 is 0. The SMILES string of the molecule is C=CCN1C(C#N)C(c2ccc(-c3ccc(C(F)(F)F)cc3)cc2)C1Cn1cc(-c2ccccn2)nn1. The molecule has 1 aliphatic heterocycles. The number of hydrogen-bond donors (Lipinski definition) is 0. The quantitative estimate of drug-likeness (QED) is 0.310. The highest BCUT2D eigenvalue weighted by Crippen LogP contribution is 2.42. The number of likely N-dealkylation sites (tertiary alicyclic amines) is 1. The Morgan fingerprint density at radius 1 is 0.973 bits per heavy atom. The second-order valence-electron chi connectivity index (χ2n) is 8.89. The third-order valence-corrected chi connectivity index (χ3v) is 6.69. The van der Waals surface area contributed by atoms with Crippen molar-refractivity contribution in [2.24, 2.45) is 0 Å². The molecule has 0 aliphatic carbocycles. The van der Waals surface area contributed by atoms with E-state index in [1.807, 2.05) is 48.7 Å². The molecule has 6 nitrogen and oxygen atoms in total. The van der Waals surface area contributed by atoms with Gasteiger partial charge in [-0.2, -0.15) is 18.4 Å².